The van der Waals surface area contributed by atoms with E-state index in [1.165, 1.54) is 25.7 Å². The molecule has 2 bridgehead atoms. The largest absolute Gasteiger partial charge is 0.418 e. The summed E-state index contributed by atoms with van der Waals surface area (Å²) in [6.07, 6.45) is 5.73. The first-order valence-corrected chi connectivity index (χ1v) is 15.4. The first-order valence-electron chi connectivity index (χ1n) is 15.4. The third kappa shape index (κ3) is 5.43. The van der Waals surface area contributed by atoms with Crippen LogP contribution in [0.15, 0.2) is 22.7 Å². The highest BCUT2D eigenvalue weighted by Crippen LogP contribution is 2.59. The lowest BCUT2D eigenvalue weighted by molar-refractivity contribution is -0.137. The number of carbonyl (C=O) groups excluding carboxylic acids is 1. The van der Waals surface area contributed by atoms with Gasteiger partial charge in [-0.05, 0) is 94.6 Å². The van der Waals surface area contributed by atoms with Gasteiger partial charge in [0.05, 0.1) is 29.7 Å². The van der Waals surface area contributed by atoms with Gasteiger partial charge in [0.15, 0.2) is 6.29 Å². The quantitative estimate of drug-likeness (QED) is 0.309. The van der Waals surface area contributed by atoms with Crippen molar-refractivity contribution in [1.82, 2.24) is 10.1 Å². The fourth-order valence-corrected chi connectivity index (χ4v) is 7.69. The number of carbonyl (C=O) groups is 1. The van der Waals surface area contributed by atoms with Crippen LogP contribution >= 0.6 is 0 Å². The number of halogens is 3. The van der Waals surface area contributed by atoms with Crippen LogP contribution in [0.25, 0.3) is 0 Å². The maximum atomic E-state index is 13.7. The molecule has 2 amide bonds. The van der Waals surface area contributed by atoms with E-state index in [0.717, 1.165) is 67.7 Å². The van der Waals surface area contributed by atoms with Crippen LogP contribution in [-0.2, 0) is 17.5 Å². The molecule has 42 heavy (non-hydrogen) atoms. The zero-order valence-corrected chi connectivity index (χ0v) is 23.5. The van der Waals surface area contributed by atoms with E-state index in [4.69, 9.17) is 9.26 Å². The average Bonchev–Trinajstić information content (AvgIpc) is 3.87. The number of aliphatic hydroxyl groups excluding tert-OH is 1. The number of rotatable bonds is 7. The van der Waals surface area contributed by atoms with E-state index in [-0.39, 0.29) is 23.8 Å². The van der Waals surface area contributed by atoms with Crippen LogP contribution in [0, 0.1) is 5.41 Å². The number of fused-ring (bicyclic) bond motifs is 2. The summed E-state index contributed by atoms with van der Waals surface area (Å²) in [5.74, 6) is 1.84. The van der Waals surface area contributed by atoms with E-state index in [9.17, 15) is 28.2 Å². The number of alkyl halides is 3. The molecule has 0 radical (unpaired) electrons. The lowest BCUT2D eigenvalue weighted by Gasteiger charge is -2.39. The molecule has 8 nitrogen and oxygen atoms in total. The van der Waals surface area contributed by atoms with Crippen molar-refractivity contribution in [2.75, 3.05) is 5.32 Å². The van der Waals surface area contributed by atoms with Crippen molar-refractivity contribution in [3.8, 4) is 0 Å². The van der Waals surface area contributed by atoms with Crippen LogP contribution in [0.3, 0.4) is 0 Å². The van der Waals surface area contributed by atoms with Gasteiger partial charge in [0.25, 0.3) is 0 Å². The van der Waals surface area contributed by atoms with Gasteiger partial charge in [-0.15, -0.1) is 0 Å². The summed E-state index contributed by atoms with van der Waals surface area (Å²) in [4.78, 5) is 14.9. The monoisotopic (exact) mass is 589 g/mol. The summed E-state index contributed by atoms with van der Waals surface area (Å²) >= 11 is 0. The number of urea groups is 1. The maximum absolute atomic E-state index is 13.7. The van der Waals surface area contributed by atoms with Gasteiger partial charge in [0, 0.05) is 35.0 Å². The summed E-state index contributed by atoms with van der Waals surface area (Å²) in [6, 6.07) is 2.06. The summed E-state index contributed by atoms with van der Waals surface area (Å²) in [6.45, 7) is 0.445. The maximum Gasteiger partial charge on any atom is 0.418 e. The van der Waals surface area contributed by atoms with Crippen LogP contribution in [-0.4, -0.2) is 44.5 Å². The van der Waals surface area contributed by atoms with Crippen molar-refractivity contribution in [3.05, 3.63) is 46.3 Å². The van der Waals surface area contributed by atoms with Crippen LogP contribution in [0.4, 0.5) is 23.7 Å². The van der Waals surface area contributed by atoms with Gasteiger partial charge in [-0.2, -0.15) is 13.2 Å². The second-order valence-electron chi connectivity index (χ2n) is 13.3. The van der Waals surface area contributed by atoms with Crippen LogP contribution in [0.5, 0.6) is 0 Å². The third-order valence-electron chi connectivity index (χ3n) is 10.5. The van der Waals surface area contributed by atoms with Crippen molar-refractivity contribution in [2.45, 2.75) is 126 Å². The number of anilines is 1. The van der Waals surface area contributed by atoms with Gasteiger partial charge in [-0.3, -0.25) is 0 Å². The second-order valence-corrected chi connectivity index (χ2v) is 13.3. The minimum Gasteiger partial charge on any atom is -0.373 e. The van der Waals surface area contributed by atoms with E-state index in [0.29, 0.717) is 42.8 Å². The average molecular weight is 590 g/mol. The Hall–Kier alpha value is -2.63. The molecule has 1 spiro atoms. The molecule has 228 valence electrons. The number of nitrogens with zero attached hydrogens (tertiary/aromatic N) is 2. The minimum atomic E-state index is -4.77. The lowest BCUT2D eigenvalue weighted by atomic mass is 9.77. The number of benzene rings is 1. The van der Waals surface area contributed by atoms with Crippen LogP contribution < -0.4 is 5.32 Å². The molecule has 5 aliphatic rings. The number of hydrogen-bond acceptors (Lipinski definition) is 6. The van der Waals surface area contributed by atoms with Crippen molar-refractivity contribution >= 4 is 11.7 Å². The predicted octanol–water partition coefficient (Wildman–Crippen LogP) is 6.74. The molecular formula is C31H38F3N3O5. The van der Waals surface area contributed by atoms with E-state index < -0.39 is 29.7 Å². The van der Waals surface area contributed by atoms with Gasteiger partial charge in [-0.1, -0.05) is 11.2 Å². The van der Waals surface area contributed by atoms with Crippen LogP contribution in [0.1, 0.15) is 123 Å². The minimum absolute atomic E-state index is 0.0569. The predicted molar refractivity (Wildman–Crippen MR) is 145 cm³/mol. The van der Waals surface area contributed by atoms with Gasteiger partial charge in [0.1, 0.15) is 5.76 Å². The molecule has 7 rings (SSSR count). The Labute approximate surface area is 242 Å². The number of ether oxygens (including phenoxy) is 1. The van der Waals surface area contributed by atoms with Crippen LogP contribution in [0.2, 0.25) is 0 Å². The Balaban J connectivity index is 1.01. The SMILES string of the molecule is O=C(Nc1ccc(C(O)O)cc1C(F)(F)F)N1C2CCC1CC(OCc1c(C3CCC4(CC3)CC4)noc1C1CC1)C2. The molecule has 2 aliphatic heterocycles. The highest BCUT2D eigenvalue weighted by atomic mass is 19.4. The Bertz CT molecular complexity index is 1310. The number of aliphatic hydroxyl groups is 2. The summed E-state index contributed by atoms with van der Waals surface area (Å²) in [7, 11) is 0. The molecule has 3 saturated carbocycles. The molecule has 3 N–H and O–H groups in total. The first-order chi connectivity index (χ1) is 20.1. The Morgan fingerprint density at radius 2 is 1.74 bits per heavy atom. The molecule has 5 fully saturated rings. The van der Waals surface area contributed by atoms with Crippen molar-refractivity contribution in [2.24, 2.45) is 5.41 Å². The fourth-order valence-electron chi connectivity index (χ4n) is 7.69. The summed E-state index contributed by atoms with van der Waals surface area (Å²) < 4.78 is 53.5. The molecule has 11 heteroatoms. The topological polar surface area (TPSA) is 108 Å². The van der Waals surface area contributed by atoms with Gasteiger partial charge < -0.3 is 29.7 Å². The summed E-state index contributed by atoms with van der Waals surface area (Å²) in [5.41, 5.74) is 0.987. The van der Waals surface area contributed by atoms with E-state index in [1.807, 2.05) is 0 Å². The number of amides is 2. The Morgan fingerprint density at radius 3 is 2.33 bits per heavy atom. The standard InChI is InChI=1S/C31H38F3N3O5/c32-31(33,34)24-13-19(28(38)39)3-6-25(24)35-29(40)37-20-4-5-21(37)15-22(14-20)41-16-23-26(36-42-27(23)18-1-2-18)17-7-9-30(10-8-17)11-12-30/h3,6,13,17-18,20-22,28,38-39H,1-2,4-5,7-12,14-16H2,(H,35,40). The van der Waals surface area contributed by atoms with E-state index in [2.05, 4.69) is 10.5 Å². The highest BCUT2D eigenvalue weighted by Gasteiger charge is 2.47. The molecular weight excluding hydrogens is 551 g/mol. The summed E-state index contributed by atoms with van der Waals surface area (Å²) in [5, 5.41) is 25.6. The number of nitrogens with one attached hydrogen (secondary N) is 1. The number of hydrogen-bond donors (Lipinski definition) is 3. The molecule has 2 atom stereocenters. The normalized spacial score (nSPS) is 27.2. The zero-order valence-electron chi connectivity index (χ0n) is 23.5. The Morgan fingerprint density at radius 1 is 1.05 bits per heavy atom. The van der Waals surface area contributed by atoms with Gasteiger partial charge in [0.2, 0.25) is 0 Å². The first kappa shape index (κ1) is 28.2. The highest BCUT2D eigenvalue weighted by molar-refractivity contribution is 5.91. The Kier molecular flexibility index (Phi) is 7.05. The number of aromatic nitrogens is 1. The molecule has 2 unspecified atom stereocenters. The molecule has 3 heterocycles. The fraction of sp³-hybridized carbons (Fsp3) is 0.677. The van der Waals surface area contributed by atoms with Gasteiger partial charge in [-0.25, -0.2) is 4.79 Å². The van der Waals surface area contributed by atoms with Crippen molar-refractivity contribution in [1.29, 1.82) is 0 Å². The smallest absolute Gasteiger partial charge is 0.373 e. The van der Waals surface area contributed by atoms with Crippen molar-refractivity contribution < 1.29 is 37.4 Å². The number of piperidine rings is 1. The molecule has 1 aromatic carbocycles. The molecule has 3 aliphatic carbocycles. The zero-order chi connectivity index (χ0) is 29.2. The van der Waals surface area contributed by atoms with E-state index in [1.54, 1.807) is 4.90 Å². The van der Waals surface area contributed by atoms with Gasteiger partial charge >= 0.3 is 12.2 Å². The lowest BCUT2D eigenvalue weighted by Crippen LogP contribution is -2.50. The third-order valence-corrected chi connectivity index (χ3v) is 10.5. The van der Waals surface area contributed by atoms with E-state index >= 15 is 0 Å². The second kappa shape index (κ2) is 10.5. The molecule has 1 aromatic heterocycles. The molecule has 2 aromatic rings. The molecule has 2 saturated heterocycles. The van der Waals surface area contributed by atoms with Crippen molar-refractivity contribution in [3.63, 3.8) is 0 Å².